The molecule has 5 heteroatoms. The number of rotatable bonds is 4. The van der Waals surface area contributed by atoms with E-state index in [1.807, 2.05) is 0 Å². The summed E-state index contributed by atoms with van der Waals surface area (Å²) in [5.74, 6) is -1.54. The predicted octanol–water partition coefficient (Wildman–Crippen LogP) is -1.01. The Morgan fingerprint density at radius 2 is 2.30 bits per heavy atom. The topological polar surface area (TPSA) is 69.6 Å². The zero-order chi connectivity index (χ0) is 8.15. The maximum Gasteiger partial charge on any atom is 0.335 e. The van der Waals surface area contributed by atoms with Crippen LogP contribution in [0.4, 0.5) is 4.39 Å². The summed E-state index contributed by atoms with van der Waals surface area (Å²) in [7, 11) is 1.47. The molecular formula is C5H10FNO3. The van der Waals surface area contributed by atoms with Crippen molar-refractivity contribution in [3.8, 4) is 0 Å². The van der Waals surface area contributed by atoms with Crippen LogP contribution < -0.4 is 5.32 Å². The van der Waals surface area contributed by atoms with Gasteiger partial charge in [-0.3, -0.25) is 0 Å². The molecule has 0 aromatic rings. The van der Waals surface area contributed by atoms with E-state index in [1.165, 1.54) is 7.05 Å². The number of hydrogen-bond acceptors (Lipinski definition) is 3. The monoisotopic (exact) mass is 151 g/mol. The first-order chi connectivity index (χ1) is 4.59. The van der Waals surface area contributed by atoms with Crippen molar-refractivity contribution in [3.63, 3.8) is 0 Å². The van der Waals surface area contributed by atoms with E-state index in [4.69, 9.17) is 10.2 Å². The number of alkyl halides is 1. The first-order valence-electron chi connectivity index (χ1n) is 2.79. The standard InChI is InChI=1S/C5H10FNO3/c1-7-2-3(6)4(8)5(9)10/h3-4,7-8H,2H2,1H3,(H,9,10). The molecule has 4 nitrogen and oxygen atoms in total. The van der Waals surface area contributed by atoms with Crippen LogP contribution in [0.3, 0.4) is 0 Å². The van der Waals surface area contributed by atoms with Gasteiger partial charge in [0.05, 0.1) is 0 Å². The fourth-order valence-corrected chi connectivity index (χ4v) is 0.461. The van der Waals surface area contributed by atoms with Gasteiger partial charge in [0, 0.05) is 6.54 Å². The summed E-state index contributed by atoms with van der Waals surface area (Å²) in [4.78, 5) is 9.90. The zero-order valence-corrected chi connectivity index (χ0v) is 5.54. The van der Waals surface area contributed by atoms with Crippen LogP contribution in [0.15, 0.2) is 0 Å². The molecule has 0 saturated heterocycles. The molecule has 0 radical (unpaired) electrons. The van der Waals surface area contributed by atoms with Crippen molar-refractivity contribution < 1.29 is 19.4 Å². The van der Waals surface area contributed by atoms with Gasteiger partial charge in [-0.1, -0.05) is 0 Å². The van der Waals surface area contributed by atoms with Crippen LogP contribution in [0.1, 0.15) is 0 Å². The second-order valence-electron chi connectivity index (χ2n) is 1.86. The van der Waals surface area contributed by atoms with Gasteiger partial charge in [0.25, 0.3) is 0 Å². The third-order valence-corrected chi connectivity index (χ3v) is 0.995. The average Bonchev–Trinajstić information content (AvgIpc) is 1.87. The number of aliphatic hydroxyl groups is 1. The van der Waals surface area contributed by atoms with Crippen LogP contribution >= 0.6 is 0 Å². The zero-order valence-electron chi connectivity index (χ0n) is 5.54. The van der Waals surface area contributed by atoms with Crippen LogP contribution in [-0.2, 0) is 4.79 Å². The second kappa shape index (κ2) is 4.19. The average molecular weight is 151 g/mol. The Morgan fingerprint density at radius 3 is 2.60 bits per heavy atom. The van der Waals surface area contributed by atoms with Crippen LogP contribution in [0, 0.1) is 0 Å². The molecule has 0 fully saturated rings. The molecule has 0 aliphatic rings. The number of nitrogens with one attached hydrogen (secondary N) is 1. The van der Waals surface area contributed by atoms with Gasteiger partial charge in [0.2, 0.25) is 0 Å². The quantitative estimate of drug-likeness (QED) is 0.481. The molecule has 0 aliphatic heterocycles. The largest absolute Gasteiger partial charge is 0.479 e. The number of aliphatic hydroxyl groups excluding tert-OH is 1. The van der Waals surface area contributed by atoms with Crippen molar-refractivity contribution >= 4 is 5.97 Å². The summed E-state index contributed by atoms with van der Waals surface area (Å²) in [6.07, 6.45) is -3.67. The van der Waals surface area contributed by atoms with Gasteiger partial charge in [0.1, 0.15) is 6.17 Å². The maximum absolute atomic E-state index is 12.4. The molecular weight excluding hydrogens is 141 g/mol. The molecule has 0 amide bonds. The van der Waals surface area contributed by atoms with E-state index in [1.54, 1.807) is 0 Å². The summed E-state index contributed by atoms with van der Waals surface area (Å²) >= 11 is 0. The smallest absolute Gasteiger partial charge is 0.335 e. The molecule has 0 bridgehead atoms. The van der Waals surface area contributed by atoms with Crippen molar-refractivity contribution in [2.45, 2.75) is 12.3 Å². The molecule has 0 spiro atoms. The summed E-state index contributed by atoms with van der Waals surface area (Å²) in [6.45, 7) is -0.159. The van der Waals surface area contributed by atoms with Crippen molar-refractivity contribution in [3.05, 3.63) is 0 Å². The van der Waals surface area contributed by atoms with E-state index in [0.29, 0.717) is 0 Å². The Hall–Kier alpha value is -0.680. The van der Waals surface area contributed by atoms with Crippen LogP contribution in [0.25, 0.3) is 0 Å². The Kier molecular flexibility index (Phi) is 3.90. The molecule has 0 saturated carbocycles. The number of aliphatic carboxylic acids is 1. The Balaban J connectivity index is 3.69. The molecule has 60 valence electrons. The Bertz CT molecular complexity index is 119. The number of carbonyl (C=O) groups is 1. The first kappa shape index (κ1) is 9.32. The highest BCUT2D eigenvalue weighted by atomic mass is 19.1. The van der Waals surface area contributed by atoms with Crippen LogP contribution in [0.2, 0.25) is 0 Å². The van der Waals surface area contributed by atoms with Gasteiger partial charge in [-0.2, -0.15) is 0 Å². The summed E-state index contributed by atoms with van der Waals surface area (Å²) < 4.78 is 12.4. The lowest BCUT2D eigenvalue weighted by atomic mass is 10.2. The van der Waals surface area contributed by atoms with Crippen molar-refractivity contribution in [2.24, 2.45) is 0 Å². The minimum absolute atomic E-state index is 0.159. The lowest BCUT2D eigenvalue weighted by molar-refractivity contribution is -0.150. The van der Waals surface area contributed by atoms with Gasteiger partial charge in [-0.15, -0.1) is 0 Å². The summed E-state index contributed by atoms with van der Waals surface area (Å²) in [5, 5.41) is 19.0. The number of halogens is 1. The minimum atomic E-state index is -1.92. The van der Waals surface area contributed by atoms with E-state index >= 15 is 0 Å². The molecule has 0 aliphatic carbocycles. The first-order valence-corrected chi connectivity index (χ1v) is 2.79. The highest BCUT2D eigenvalue weighted by Gasteiger charge is 2.24. The molecule has 2 atom stereocenters. The van der Waals surface area contributed by atoms with E-state index in [9.17, 15) is 9.18 Å². The molecule has 0 rings (SSSR count). The highest BCUT2D eigenvalue weighted by molar-refractivity contribution is 5.72. The van der Waals surface area contributed by atoms with Crippen molar-refractivity contribution in [2.75, 3.05) is 13.6 Å². The van der Waals surface area contributed by atoms with Gasteiger partial charge < -0.3 is 15.5 Å². The number of carboxylic acid groups (broad SMARTS) is 1. The van der Waals surface area contributed by atoms with Gasteiger partial charge in [0.15, 0.2) is 6.10 Å². The molecule has 0 aromatic carbocycles. The molecule has 3 N–H and O–H groups in total. The van der Waals surface area contributed by atoms with Crippen LogP contribution in [-0.4, -0.2) is 42.1 Å². The van der Waals surface area contributed by atoms with Gasteiger partial charge >= 0.3 is 5.97 Å². The maximum atomic E-state index is 12.4. The van der Waals surface area contributed by atoms with Gasteiger partial charge in [-0.25, -0.2) is 9.18 Å². The Labute approximate surface area is 57.7 Å². The highest BCUT2D eigenvalue weighted by Crippen LogP contribution is 1.96. The fourth-order valence-electron chi connectivity index (χ4n) is 0.461. The summed E-state index contributed by atoms with van der Waals surface area (Å²) in [6, 6.07) is 0. The van der Waals surface area contributed by atoms with Crippen LogP contribution in [0.5, 0.6) is 0 Å². The third kappa shape index (κ3) is 2.75. The predicted molar refractivity (Wildman–Crippen MR) is 32.5 cm³/mol. The number of carboxylic acids is 1. The lowest BCUT2D eigenvalue weighted by Gasteiger charge is -2.09. The lowest BCUT2D eigenvalue weighted by Crippen LogP contribution is -2.36. The van der Waals surface area contributed by atoms with Gasteiger partial charge in [-0.05, 0) is 7.05 Å². The minimum Gasteiger partial charge on any atom is -0.479 e. The second-order valence-corrected chi connectivity index (χ2v) is 1.86. The van der Waals surface area contributed by atoms with E-state index < -0.39 is 18.2 Å². The van der Waals surface area contributed by atoms with E-state index in [-0.39, 0.29) is 6.54 Å². The molecule has 10 heavy (non-hydrogen) atoms. The third-order valence-electron chi connectivity index (χ3n) is 0.995. The van der Waals surface area contributed by atoms with E-state index in [2.05, 4.69) is 5.32 Å². The van der Waals surface area contributed by atoms with Crippen molar-refractivity contribution in [1.82, 2.24) is 5.32 Å². The summed E-state index contributed by atoms with van der Waals surface area (Å²) in [5.41, 5.74) is 0. The molecule has 2 unspecified atom stereocenters. The number of hydrogen-bond donors (Lipinski definition) is 3. The molecule has 0 heterocycles. The van der Waals surface area contributed by atoms with Crippen molar-refractivity contribution in [1.29, 1.82) is 0 Å². The Morgan fingerprint density at radius 1 is 1.80 bits per heavy atom. The molecule has 0 aromatic heterocycles. The SMILES string of the molecule is CNCC(F)C(O)C(=O)O. The fraction of sp³-hybridized carbons (Fsp3) is 0.800. The normalized spacial score (nSPS) is 16.3. The van der Waals surface area contributed by atoms with E-state index in [0.717, 1.165) is 0 Å².